The number of benzene rings is 1. The van der Waals surface area contributed by atoms with Gasteiger partial charge in [-0.1, -0.05) is 0 Å². The van der Waals surface area contributed by atoms with E-state index < -0.39 is 10.0 Å². The van der Waals surface area contributed by atoms with Crippen LogP contribution in [0, 0.1) is 0 Å². The van der Waals surface area contributed by atoms with Gasteiger partial charge in [0.05, 0.1) is 24.7 Å². The second-order valence-electron chi connectivity index (χ2n) is 5.12. The molecule has 0 atom stereocenters. The third-order valence-electron chi connectivity index (χ3n) is 3.60. The molecule has 1 aromatic carbocycles. The molecule has 0 aliphatic carbocycles. The fourth-order valence-electron chi connectivity index (χ4n) is 2.36. The van der Waals surface area contributed by atoms with Crippen LogP contribution in [0.1, 0.15) is 0 Å². The average molecular weight is 342 g/mol. The number of hydrogen-bond donors (Lipinski definition) is 1. The number of amides is 1. The van der Waals surface area contributed by atoms with E-state index in [0.717, 1.165) is 0 Å². The van der Waals surface area contributed by atoms with Crippen LogP contribution in [-0.2, 0) is 19.6 Å². The summed E-state index contributed by atoms with van der Waals surface area (Å²) in [5.41, 5.74) is 0. The molecule has 1 saturated heterocycles. The fourth-order valence-corrected chi connectivity index (χ4v) is 3.35. The van der Waals surface area contributed by atoms with Gasteiger partial charge in [-0.3, -0.25) is 4.79 Å². The highest BCUT2D eigenvalue weighted by atomic mass is 32.2. The van der Waals surface area contributed by atoms with Gasteiger partial charge in [-0.2, -0.15) is 0 Å². The van der Waals surface area contributed by atoms with Crippen molar-refractivity contribution in [2.24, 2.45) is 0 Å². The van der Waals surface area contributed by atoms with Crippen LogP contribution >= 0.6 is 0 Å². The van der Waals surface area contributed by atoms with Crippen LogP contribution in [0.2, 0.25) is 0 Å². The van der Waals surface area contributed by atoms with Gasteiger partial charge >= 0.3 is 0 Å². The molecule has 2 heterocycles. The Morgan fingerprint density at radius 1 is 1.09 bits per heavy atom. The Hall–Kier alpha value is -1.84. The van der Waals surface area contributed by atoms with Crippen molar-refractivity contribution >= 4 is 15.9 Å². The van der Waals surface area contributed by atoms with Crippen LogP contribution in [0.4, 0.5) is 0 Å². The van der Waals surface area contributed by atoms with Gasteiger partial charge in [0.1, 0.15) is 13.2 Å². The van der Waals surface area contributed by atoms with Crippen LogP contribution in [-0.4, -0.2) is 65.3 Å². The summed E-state index contributed by atoms with van der Waals surface area (Å²) >= 11 is 0. The molecule has 0 aromatic heterocycles. The van der Waals surface area contributed by atoms with Crippen molar-refractivity contribution in [2.75, 3.05) is 46.1 Å². The highest BCUT2D eigenvalue weighted by Gasteiger charge is 2.22. The molecule has 0 saturated carbocycles. The minimum absolute atomic E-state index is 0.0385. The molecule has 1 fully saturated rings. The zero-order chi connectivity index (χ0) is 16.3. The van der Waals surface area contributed by atoms with Crippen molar-refractivity contribution < 1.29 is 27.4 Å². The highest BCUT2D eigenvalue weighted by Crippen LogP contribution is 2.32. The molecule has 23 heavy (non-hydrogen) atoms. The lowest BCUT2D eigenvalue weighted by molar-refractivity contribution is -0.133. The van der Waals surface area contributed by atoms with E-state index in [-0.39, 0.29) is 17.3 Å². The Morgan fingerprint density at radius 2 is 1.78 bits per heavy atom. The monoisotopic (exact) mass is 342 g/mol. The molecule has 2 aliphatic rings. The number of carbonyl (C=O) groups excluding carboxylic acids is 1. The molecule has 1 amide bonds. The normalized spacial score (nSPS) is 17.8. The highest BCUT2D eigenvalue weighted by molar-refractivity contribution is 7.89. The number of morpholine rings is 1. The van der Waals surface area contributed by atoms with Crippen molar-refractivity contribution in [1.82, 2.24) is 9.62 Å². The number of carbonyl (C=O) groups is 1. The lowest BCUT2D eigenvalue weighted by Gasteiger charge is -2.26. The van der Waals surface area contributed by atoms with Crippen LogP contribution in [0.15, 0.2) is 23.1 Å². The third-order valence-corrected chi connectivity index (χ3v) is 5.00. The summed E-state index contributed by atoms with van der Waals surface area (Å²) in [6.07, 6.45) is 0. The Balaban J connectivity index is 1.65. The van der Waals surface area contributed by atoms with Gasteiger partial charge in [-0.05, 0) is 12.1 Å². The van der Waals surface area contributed by atoms with Crippen molar-refractivity contribution in [3.8, 4) is 11.5 Å². The maximum atomic E-state index is 12.3. The number of rotatable bonds is 4. The quantitative estimate of drug-likeness (QED) is 0.800. The van der Waals surface area contributed by atoms with Crippen molar-refractivity contribution in [3.05, 3.63) is 18.2 Å². The van der Waals surface area contributed by atoms with Gasteiger partial charge in [0.2, 0.25) is 15.9 Å². The van der Waals surface area contributed by atoms with Crippen molar-refractivity contribution in [1.29, 1.82) is 0 Å². The molecule has 0 unspecified atom stereocenters. The first kappa shape index (κ1) is 16.0. The van der Waals surface area contributed by atoms with Crippen LogP contribution in [0.5, 0.6) is 11.5 Å². The molecule has 2 aliphatic heterocycles. The van der Waals surface area contributed by atoms with Gasteiger partial charge < -0.3 is 19.1 Å². The molecule has 126 valence electrons. The summed E-state index contributed by atoms with van der Waals surface area (Å²) in [6.45, 7) is 2.43. The van der Waals surface area contributed by atoms with E-state index in [9.17, 15) is 13.2 Å². The average Bonchev–Trinajstić information content (AvgIpc) is 2.60. The third kappa shape index (κ3) is 3.74. The number of nitrogens with zero attached hydrogens (tertiary/aromatic N) is 1. The van der Waals surface area contributed by atoms with Gasteiger partial charge in [0, 0.05) is 19.2 Å². The maximum Gasteiger partial charge on any atom is 0.241 e. The molecular weight excluding hydrogens is 324 g/mol. The maximum absolute atomic E-state index is 12.3. The van der Waals surface area contributed by atoms with Gasteiger partial charge in [-0.25, -0.2) is 13.1 Å². The zero-order valence-electron chi connectivity index (χ0n) is 12.5. The first-order valence-corrected chi connectivity index (χ1v) is 8.79. The molecule has 1 N–H and O–H groups in total. The summed E-state index contributed by atoms with van der Waals surface area (Å²) in [5.74, 6) is 0.632. The standard InChI is InChI=1S/C14H18N2O6S/c17-14(16-3-5-20-6-4-16)10-15-23(18,19)11-1-2-12-13(9-11)22-8-7-21-12/h1-2,9,15H,3-8,10H2. The second-order valence-corrected chi connectivity index (χ2v) is 6.89. The van der Waals surface area contributed by atoms with Gasteiger partial charge in [0.15, 0.2) is 11.5 Å². The molecule has 3 rings (SSSR count). The predicted molar refractivity (Wildman–Crippen MR) is 80.0 cm³/mol. The topological polar surface area (TPSA) is 94.2 Å². The summed E-state index contributed by atoms with van der Waals surface area (Å²) in [4.78, 5) is 13.6. The Labute approximate surface area is 134 Å². The minimum Gasteiger partial charge on any atom is -0.486 e. The Bertz CT molecular complexity index is 685. The van der Waals surface area contributed by atoms with E-state index in [1.54, 1.807) is 11.0 Å². The molecule has 8 nitrogen and oxygen atoms in total. The van der Waals surface area contributed by atoms with Gasteiger partial charge in [-0.15, -0.1) is 0 Å². The molecule has 9 heteroatoms. The number of fused-ring (bicyclic) bond motifs is 1. The first-order chi connectivity index (χ1) is 11.1. The molecular formula is C14H18N2O6S. The second kappa shape index (κ2) is 6.73. The summed E-state index contributed by atoms with van der Waals surface area (Å²) in [5, 5.41) is 0. The Morgan fingerprint density at radius 3 is 2.52 bits per heavy atom. The lowest BCUT2D eigenvalue weighted by Crippen LogP contribution is -2.45. The van der Waals surface area contributed by atoms with E-state index in [4.69, 9.17) is 14.2 Å². The summed E-state index contributed by atoms with van der Waals surface area (Å²) in [7, 11) is -3.79. The van der Waals surface area contributed by atoms with E-state index in [1.165, 1.54) is 12.1 Å². The lowest BCUT2D eigenvalue weighted by atomic mass is 10.3. The van der Waals surface area contributed by atoms with Crippen molar-refractivity contribution in [2.45, 2.75) is 4.90 Å². The molecule has 0 spiro atoms. The van der Waals surface area contributed by atoms with E-state index >= 15 is 0 Å². The molecule has 0 radical (unpaired) electrons. The largest absolute Gasteiger partial charge is 0.486 e. The SMILES string of the molecule is O=C(CNS(=O)(=O)c1ccc2c(c1)OCCO2)N1CCOCC1. The summed E-state index contributed by atoms with van der Waals surface area (Å²) in [6, 6.07) is 4.37. The number of sulfonamides is 1. The molecule has 0 bridgehead atoms. The van der Waals surface area contributed by atoms with Crippen LogP contribution in [0.25, 0.3) is 0 Å². The first-order valence-electron chi connectivity index (χ1n) is 7.31. The van der Waals surface area contributed by atoms with E-state index in [0.29, 0.717) is 51.0 Å². The van der Waals surface area contributed by atoms with Crippen LogP contribution in [0.3, 0.4) is 0 Å². The van der Waals surface area contributed by atoms with Crippen molar-refractivity contribution in [3.63, 3.8) is 0 Å². The zero-order valence-corrected chi connectivity index (χ0v) is 13.3. The Kier molecular flexibility index (Phi) is 4.69. The fraction of sp³-hybridized carbons (Fsp3) is 0.500. The summed E-state index contributed by atoms with van der Waals surface area (Å²) < 4.78 is 42.8. The number of hydrogen-bond acceptors (Lipinski definition) is 6. The number of nitrogens with one attached hydrogen (secondary N) is 1. The minimum atomic E-state index is -3.79. The van der Waals surface area contributed by atoms with Gasteiger partial charge in [0.25, 0.3) is 0 Å². The smallest absolute Gasteiger partial charge is 0.241 e. The van der Waals surface area contributed by atoms with E-state index in [2.05, 4.69) is 4.72 Å². The molecule has 1 aromatic rings. The number of ether oxygens (including phenoxy) is 3. The van der Waals surface area contributed by atoms with E-state index in [1.807, 2.05) is 0 Å². The predicted octanol–water partition coefficient (Wildman–Crippen LogP) is -0.405. The van der Waals surface area contributed by atoms with Crippen LogP contribution < -0.4 is 14.2 Å².